The molecule has 3 rings (SSSR count). The molecule has 1 unspecified atom stereocenters. The lowest BCUT2D eigenvalue weighted by atomic mass is 9.90. The first-order valence-corrected chi connectivity index (χ1v) is 10.4. The minimum Gasteiger partial charge on any atom is -0.383 e. The summed E-state index contributed by atoms with van der Waals surface area (Å²) < 4.78 is 45.8. The van der Waals surface area contributed by atoms with Crippen LogP contribution in [-0.4, -0.2) is 39.9 Å². The minimum absolute atomic E-state index is 0.0665. The number of halogens is 3. The molecule has 0 saturated carbocycles. The summed E-state index contributed by atoms with van der Waals surface area (Å²) in [5, 5.41) is 10.4. The van der Waals surface area contributed by atoms with Crippen LogP contribution in [0.1, 0.15) is 48.5 Å². The highest BCUT2D eigenvalue weighted by Crippen LogP contribution is 2.33. The molecule has 0 fully saturated rings. The first kappa shape index (κ1) is 24.8. The maximum absolute atomic E-state index is 13.2. The van der Waals surface area contributed by atoms with Crippen molar-refractivity contribution in [2.75, 3.05) is 17.7 Å². The van der Waals surface area contributed by atoms with Gasteiger partial charge in [-0.25, -0.2) is 17.9 Å². The van der Waals surface area contributed by atoms with Crippen LogP contribution in [0.2, 0.25) is 0 Å². The third-order valence-electron chi connectivity index (χ3n) is 5.37. The molecule has 0 aliphatic rings. The first-order valence-electron chi connectivity index (χ1n) is 10.4. The number of nitrogens with one attached hydrogen (secondary N) is 1. The Morgan fingerprint density at radius 2 is 1.88 bits per heavy atom. The number of rotatable bonds is 9. The zero-order chi connectivity index (χ0) is 25.2. The van der Waals surface area contributed by atoms with Crippen molar-refractivity contribution in [2.45, 2.75) is 45.1 Å². The second-order valence-corrected chi connectivity index (χ2v) is 8.36. The Hall–Kier alpha value is -3.83. The maximum atomic E-state index is 13.2. The zero-order valence-corrected chi connectivity index (χ0v) is 18.8. The molecule has 0 aliphatic heterocycles. The Balaban J connectivity index is 1.73. The number of nitrogens with zero attached hydrogens (tertiary/aromatic N) is 3. The van der Waals surface area contributed by atoms with E-state index in [-0.39, 0.29) is 35.4 Å². The van der Waals surface area contributed by atoms with Gasteiger partial charge in [0.05, 0.1) is 6.42 Å². The lowest BCUT2D eigenvalue weighted by Gasteiger charge is -2.21. The number of primary amides is 1. The molecule has 1 atom stereocenters. The van der Waals surface area contributed by atoms with Gasteiger partial charge in [-0.1, -0.05) is 29.4 Å². The summed E-state index contributed by atoms with van der Waals surface area (Å²) in [6, 6.07) is 7.66. The molecular formula is C22H25F3N6O3. The molecule has 2 amide bonds. The number of aromatic nitrogens is 3. The van der Waals surface area contributed by atoms with E-state index in [0.717, 1.165) is 13.0 Å². The van der Waals surface area contributed by atoms with Crippen LogP contribution in [0.3, 0.4) is 0 Å². The summed E-state index contributed by atoms with van der Waals surface area (Å²) in [6.45, 7) is 3.39. The fraction of sp³-hybridized carbons (Fsp3) is 0.364. The standard InChI is InChI=1S/C22H25F3N6O3/c1-11(2)31-19(26)17(20(27)33)18(29-31)13-6-4-12(5-7-13)8-16(32)28-15-9-14(34-30-15)22(3,10-23)21(24)25/h4-7,9,11,21H,8,10,26H2,1-3H3,(H2,27,33)(H,28,30,32). The summed E-state index contributed by atoms with van der Waals surface area (Å²) in [5.74, 6) is -1.49. The van der Waals surface area contributed by atoms with Gasteiger partial charge in [-0.15, -0.1) is 0 Å². The largest absolute Gasteiger partial charge is 0.383 e. The molecule has 34 heavy (non-hydrogen) atoms. The van der Waals surface area contributed by atoms with Gasteiger partial charge < -0.3 is 21.3 Å². The molecule has 5 N–H and O–H groups in total. The summed E-state index contributed by atoms with van der Waals surface area (Å²) in [4.78, 5) is 24.3. The van der Waals surface area contributed by atoms with Gasteiger partial charge in [0.25, 0.3) is 12.3 Å². The quantitative estimate of drug-likeness (QED) is 0.430. The minimum atomic E-state index is -3.01. The molecule has 0 saturated heterocycles. The van der Waals surface area contributed by atoms with Crippen molar-refractivity contribution in [3.05, 3.63) is 47.2 Å². The first-order chi connectivity index (χ1) is 16.0. The molecule has 0 aliphatic carbocycles. The molecule has 2 heterocycles. The third-order valence-corrected chi connectivity index (χ3v) is 5.37. The second kappa shape index (κ2) is 9.57. The van der Waals surface area contributed by atoms with Crippen LogP contribution >= 0.6 is 0 Å². The van der Waals surface area contributed by atoms with E-state index in [4.69, 9.17) is 16.0 Å². The molecule has 1 aromatic carbocycles. The molecule has 182 valence electrons. The van der Waals surface area contributed by atoms with Gasteiger partial charge >= 0.3 is 0 Å². The van der Waals surface area contributed by atoms with Crippen molar-refractivity contribution >= 4 is 23.5 Å². The molecule has 0 spiro atoms. The Bertz CT molecular complexity index is 1190. The highest BCUT2D eigenvalue weighted by molar-refractivity contribution is 6.03. The summed E-state index contributed by atoms with van der Waals surface area (Å²) in [7, 11) is 0. The average Bonchev–Trinajstić information content (AvgIpc) is 3.38. The molecule has 0 bridgehead atoms. The van der Waals surface area contributed by atoms with Crippen molar-refractivity contribution < 1.29 is 27.3 Å². The molecule has 0 radical (unpaired) electrons. The number of carbonyl (C=O) groups excluding carboxylic acids is 2. The van der Waals surface area contributed by atoms with Gasteiger partial charge in [-0.3, -0.25) is 9.59 Å². The maximum Gasteiger partial charge on any atom is 0.254 e. The zero-order valence-electron chi connectivity index (χ0n) is 18.8. The lowest BCUT2D eigenvalue weighted by Crippen LogP contribution is -2.32. The Morgan fingerprint density at radius 1 is 1.24 bits per heavy atom. The van der Waals surface area contributed by atoms with Crippen LogP contribution in [0.25, 0.3) is 11.3 Å². The van der Waals surface area contributed by atoms with Crippen LogP contribution in [0.15, 0.2) is 34.9 Å². The highest BCUT2D eigenvalue weighted by Gasteiger charge is 2.41. The molecule has 12 heteroatoms. The van der Waals surface area contributed by atoms with E-state index in [0.29, 0.717) is 16.8 Å². The topological polar surface area (TPSA) is 142 Å². The van der Waals surface area contributed by atoms with E-state index in [9.17, 15) is 22.8 Å². The van der Waals surface area contributed by atoms with Crippen molar-refractivity contribution in [1.82, 2.24) is 14.9 Å². The Morgan fingerprint density at radius 3 is 2.41 bits per heavy atom. The number of hydrogen-bond donors (Lipinski definition) is 3. The smallest absolute Gasteiger partial charge is 0.254 e. The number of benzene rings is 1. The summed E-state index contributed by atoms with van der Waals surface area (Å²) >= 11 is 0. The van der Waals surface area contributed by atoms with Gasteiger partial charge in [-0.05, 0) is 26.3 Å². The second-order valence-electron chi connectivity index (χ2n) is 8.36. The Labute approximate surface area is 193 Å². The van der Waals surface area contributed by atoms with Crippen molar-refractivity contribution in [3.8, 4) is 11.3 Å². The van der Waals surface area contributed by atoms with Crippen molar-refractivity contribution in [2.24, 2.45) is 5.73 Å². The van der Waals surface area contributed by atoms with Crippen LogP contribution in [0.4, 0.5) is 24.8 Å². The van der Waals surface area contributed by atoms with Crippen LogP contribution in [-0.2, 0) is 16.6 Å². The van der Waals surface area contributed by atoms with E-state index in [2.05, 4.69) is 15.6 Å². The van der Waals surface area contributed by atoms with Crippen molar-refractivity contribution in [1.29, 1.82) is 0 Å². The third kappa shape index (κ3) is 4.75. The number of hydrogen-bond acceptors (Lipinski definition) is 6. The van der Waals surface area contributed by atoms with E-state index in [1.807, 2.05) is 13.8 Å². The SMILES string of the molecule is CC(C)n1nc(-c2ccc(CC(=O)Nc3cc(C(C)(CF)C(F)F)on3)cc2)c(C(N)=O)c1N. The number of nitrogens with two attached hydrogens (primary N) is 2. The lowest BCUT2D eigenvalue weighted by molar-refractivity contribution is -0.115. The monoisotopic (exact) mass is 478 g/mol. The molecule has 2 aromatic heterocycles. The van der Waals surface area contributed by atoms with Gasteiger partial charge in [-0.2, -0.15) is 5.10 Å². The van der Waals surface area contributed by atoms with Gasteiger partial charge in [0.2, 0.25) is 5.91 Å². The average molecular weight is 478 g/mol. The summed E-state index contributed by atoms with van der Waals surface area (Å²) in [6.07, 6.45) is -3.08. The fourth-order valence-corrected chi connectivity index (χ4v) is 3.27. The number of carbonyl (C=O) groups is 2. The van der Waals surface area contributed by atoms with Gasteiger partial charge in [0.15, 0.2) is 11.6 Å². The molecule has 3 aromatic rings. The predicted octanol–water partition coefficient (Wildman–Crippen LogP) is 3.47. The highest BCUT2D eigenvalue weighted by atomic mass is 19.3. The van der Waals surface area contributed by atoms with Crippen LogP contribution in [0.5, 0.6) is 0 Å². The number of amides is 2. The number of alkyl halides is 3. The van der Waals surface area contributed by atoms with Gasteiger partial charge in [0, 0.05) is 17.7 Å². The summed E-state index contributed by atoms with van der Waals surface area (Å²) in [5.41, 5.74) is 11.0. The van der Waals surface area contributed by atoms with E-state index >= 15 is 0 Å². The van der Waals surface area contributed by atoms with Crippen LogP contribution < -0.4 is 16.8 Å². The number of anilines is 2. The predicted molar refractivity (Wildman–Crippen MR) is 119 cm³/mol. The Kier molecular flexibility index (Phi) is 6.99. The van der Waals surface area contributed by atoms with E-state index < -0.39 is 30.3 Å². The number of nitrogen functional groups attached to an aromatic ring is 1. The van der Waals surface area contributed by atoms with Crippen LogP contribution in [0, 0.1) is 0 Å². The van der Waals surface area contributed by atoms with Gasteiger partial charge in [0.1, 0.15) is 29.2 Å². The van der Waals surface area contributed by atoms with E-state index in [1.165, 1.54) is 4.68 Å². The fourth-order valence-electron chi connectivity index (χ4n) is 3.27. The molecule has 9 nitrogen and oxygen atoms in total. The molecular weight excluding hydrogens is 453 g/mol. The normalized spacial score (nSPS) is 13.3. The van der Waals surface area contributed by atoms with E-state index in [1.54, 1.807) is 24.3 Å². The van der Waals surface area contributed by atoms with Crippen molar-refractivity contribution in [3.63, 3.8) is 0 Å².